The standard InChI is InChI=1S/C15H12N2O2/c1-19-15-7-6-11(9-18)8-14(15)17-10-16-12-4-2-3-5-13(12)17/h2-10H,1H3. The van der Waals surface area contributed by atoms with Crippen molar-refractivity contribution in [2.24, 2.45) is 0 Å². The first-order valence-electron chi connectivity index (χ1n) is 5.89. The fourth-order valence-corrected chi connectivity index (χ4v) is 2.12. The Bertz CT molecular complexity index is 747. The monoisotopic (exact) mass is 252 g/mol. The molecule has 0 N–H and O–H groups in total. The zero-order chi connectivity index (χ0) is 13.2. The number of hydrogen-bond acceptors (Lipinski definition) is 3. The Morgan fingerprint density at radius 3 is 2.84 bits per heavy atom. The summed E-state index contributed by atoms with van der Waals surface area (Å²) in [4.78, 5) is 15.3. The number of methoxy groups -OCH3 is 1. The lowest BCUT2D eigenvalue weighted by Gasteiger charge is -2.10. The summed E-state index contributed by atoms with van der Waals surface area (Å²) in [6.07, 6.45) is 2.55. The number of nitrogens with zero attached hydrogens (tertiary/aromatic N) is 2. The number of ether oxygens (including phenoxy) is 1. The molecule has 94 valence electrons. The lowest BCUT2D eigenvalue weighted by molar-refractivity contribution is 0.112. The molecule has 0 atom stereocenters. The topological polar surface area (TPSA) is 44.1 Å². The van der Waals surface area contributed by atoms with Crippen LogP contribution in [0.1, 0.15) is 10.4 Å². The van der Waals surface area contributed by atoms with E-state index in [1.165, 1.54) is 0 Å². The summed E-state index contributed by atoms with van der Waals surface area (Å²) in [6.45, 7) is 0. The third-order valence-corrected chi connectivity index (χ3v) is 3.05. The minimum absolute atomic E-state index is 0.605. The quantitative estimate of drug-likeness (QED) is 0.673. The van der Waals surface area contributed by atoms with E-state index in [2.05, 4.69) is 4.98 Å². The van der Waals surface area contributed by atoms with Gasteiger partial charge in [-0.25, -0.2) is 4.98 Å². The predicted octanol–water partition coefficient (Wildman–Crippen LogP) is 2.85. The van der Waals surface area contributed by atoms with E-state index in [1.807, 2.05) is 28.8 Å². The molecule has 0 fully saturated rings. The van der Waals surface area contributed by atoms with Crippen molar-refractivity contribution in [3.8, 4) is 11.4 Å². The Labute approximate surface area is 110 Å². The van der Waals surface area contributed by atoms with Crippen LogP contribution in [0.25, 0.3) is 16.7 Å². The number of benzene rings is 2. The van der Waals surface area contributed by atoms with Gasteiger partial charge >= 0.3 is 0 Å². The van der Waals surface area contributed by atoms with E-state index in [9.17, 15) is 4.79 Å². The van der Waals surface area contributed by atoms with Crippen molar-refractivity contribution in [2.75, 3.05) is 7.11 Å². The van der Waals surface area contributed by atoms with E-state index in [0.717, 1.165) is 23.0 Å². The molecule has 4 nitrogen and oxygen atoms in total. The summed E-state index contributed by atoms with van der Waals surface area (Å²) in [5.41, 5.74) is 3.29. The van der Waals surface area contributed by atoms with Crippen LogP contribution in [0, 0.1) is 0 Å². The van der Waals surface area contributed by atoms with Crippen LogP contribution in [0.3, 0.4) is 0 Å². The molecule has 0 aliphatic rings. The molecule has 0 aliphatic carbocycles. The van der Waals surface area contributed by atoms with Gasteiger partial charge in [0.1, 0.15) is 18.4 Å². The molecule has 19 heavy (non-hydrogen) atoms. The Balaban J connectivity index is 2.28. The third-order valence-electron chi connectivity index (χ3n) is 3.05. The SMILES string of the molecule is COc1ccc(C=O)cc1-n1cnc2ccccc21. The maximum atomic E-state index is 10.9. The van der Waals surface area contributed by atoms with E-state index >= 15 is 0 Å². The Kier molecular flexibility index (Phi) is 2.76. The molecular weight excluding hydrogens is 240 g/mol. The first-order valence-corrected chi connectivity index (χ1v) is 5.89. The molecule has 4 heteroatoms. The number of carbonyl (C=O) groups excluding carboxylic acids is 1. The number of rotatable bonds is 3. The molecule has 0 aliphatic heterocycles. The number of aromatic nitrogens is 2. The lowest BCUT2D eigenvalue weighted by Crippen LogP contribution is -1.98. The Morgan fingerprint density at radius 1 is 1.21 bits per heavy atom. The van der Waals surface area contributed by atoms with Gasteiger partial charge < -0.3 is 4.74 Å². The summed E-state index contributed by atoms with van der Waals surface area (Å²) in [5.74, 6) is 0.703. The number of imidazole rings is 1. The van der Waals surface area contributed by atoms with Gasteiger partial charge in [0.15, 0.2) is 0 Å². The first-order chi connectivity index (χ1) is 9.33. The van der Waals surface area contributed by atoms with E-state index in [4.69, 9.17) is 4.74 Å². The second-order valence-electron chi connectivity index (χ2n) is 4.15. The van der Waals surface area contributed by atoms with Gasteiger partial charge in [0, 0.05) is 5.56 Å². The average Bonchev–Trinajstić information content (AvgIpc) is 2.90. The Morgan fingerprint density at radius 2 is 2.05 bits per heavy atom. The third kappa shape index (κ3) is 1.87. The lowest BCUT2D eigenvalue weighted by atomic mass is 10.2. The molecule has 0 amide bonds. The highest BCUT2D eigenvalue weighted by atomic mass is 16.5. The molecule has 2 aromatic carbocycles. The van der Waals surface area contributed by atoms with Crippen LogP contribution in [0.15, 0.2) is 48.8 Å². The highest BCUT2D eigenvalue weighted by Crippen LogP contribution is 2.27. The summed E-state index contributed by atoms with van der Waals surface area (Å²) in [7, 11) is 1.61. The van der Waals surface area contributed by atoms with Gasteiger partial charge in [-0.05, 0) is 30.3 Å². The van der Waals surface area contributed by atoms with E-state index < -0.39 is 0 Å². The summed E-state index contributed by atoms with van der Waals surface area (Å²) < 4.78 is 7.27. The van der Waals surface area contributed by atoms with Crippen molar-refractivity contribution in [3.05, 3.63) is 54.4 Å². The van der Waals surface area contributed by atoms with Gasteiger partial charge in [0.05, 0.1) is 23.8 Å². The number of aldehydes is 1. The zero-order valence-electron chi connectivity index (χ0n) is 10.4. The zero-order valence-corrected chi connectivity index (χ0v) is 10.4. The average molecular weight is 252 g/mol. The van der Waals surface area contributed by atoms with Gasteiger partial charge in [0.25, 0.3) is 0 Å². The summed E-state index contributed by atoms with van der Waals surface area (Å²) in [6, 6.07) is 13.1. The second-order valence-corrected chi connectivity index (χ2v) is 4.15. The largest absolute Gasteiger partial charge is 0.495 e. The van der Waals surface area contributed by atoms with Crippen LogP contribution >= 0.6 is 0 Å². The van der Waals surface area contributed by atoms with Gasteiger partial charge in [-0.15, -0.1) is 0 Å². The fraction of sp³-hybridized carbons (Fsp3) is 0.0667. The van der Waals surface area contributed by atoms with Gasteiger partial charge in [0.2, 0.25) is 0 Å². The summed E-state index contributed by atoms with van der Waals surface area (Å²) >= 11 is 0. The van der Waals surface area contributed by atoms with E-state index in [0.29, 0.717) is 11.3 Å². The second kappa shape index (κ2) is 4.57. The van der Waals surface area contributed by atoms with Crippen LogP contribution in [0.5, 0.6) is 5.75 Å². The molecule has 1 heterocycles. The highest BCUT2D eigenvalue weighted by Gasteiger charge is 2.10. The molecular formula is C15H12N2O2. The van der Waals surface area contributed by atoms with Crippen molar-refractivity contribution in [3.63, 3.8) is 0 Å². The highest BCUT2D eigenvalue weighted by molar-refractivity contribution is 5.81. The number of carbonyl (C=O) groups is 1. The van der Waals surface area contributed by atoms with Crippen LogP contribution in [-0.4, -0.2) is 22.9 Å². The maximum Gasteiger partial charge on any atom is 0.150 e. The van der Waals surface area contributed by atoms with Gasteiger partial charge in [-0.2, -0.15) is 0 Å². The van der Waals surface area contributed by atoms with Crippen molar-refractivity contribution in [1.29, 1.82) is 0 Å². The molecule has 3 rings (SSSR count). The molecule has 0 unspecified atom stereocenters. The molecule has 0 saturated heterocycles. The van der Waals surface area contributed by atoms with Crippen molar-refractivity contribution in [1.82, 2.24) is 9.55 Å². The minimum Gasteiger partial charge on any atom is -0.495 e. The normalized spacial score (nSPS) is 10.6. The predicted molar refractivity (Wildman–Crippen MR) is 73.0 cm³/mol. The van der Waals surface area contributed by atoms with Gasteiger partial charge in [-0.1, -0.05) is 12.1 Å². The van der Waals surface area contributed by atoms with Crippen molar-refractivity contribution < 1.29 is 9.53 Å². The van der Waals surface area contributed by atoms with Crippen molar-refractivity contribution in [2.45, 2.75) is 0 Å². The van der Waals surface area contributed by atoms with Crippen molar-refractivity contribution >= 4 is 17.3 Å². The molecule has 0 radical (unpaired) electrons. The Hall–Kier alpha value is -2.62. The summed E-state index contributed by atoms with van der Waals surface area (Å²) in [5, 5.41) is 0. The van der Waals surface area contributed by atoms with Crippen LogP contribution < -0.4 is 4.74 Å². The van der Waals surface area contributed by atoms with Gasteiger partial charge in [-0.3, -0.25) is 9.36 Å². The first kappa shape index (κ1) is 11.5. The van der Waals surface area contributed by atoms with E-state index in [-0.39, 0.29) is 0 Å². The number of fused-ring (bicyclic) bond motifs is 1. The molecule has 0 bridgehead atoms. The molecule has 0 spiro atoms. The molecule has 3 aromatic rings. The maximum absolute atomic E-state index is 10.9. The minimum atomic E-state index is 0.605. The van der Waals surface area contributed by atoms with E-state index in [1.54, 1.807) is 31.6 Å². The number of hydrogen-bond donors (Lipinski definition) is 0. The smallest absolute Gasteiger partial charge is 0.150 e. The fourth-order valence-electron chi connectivity index (χ4n) is 2.12. The van der Waals surface area contributed by atoms with Crippen LogP contribution in [-0.2, 0) is 0 Å². The van der Waals surface area contributed by atoms with Crippen LogP contribution in [0.2, 0.25) is 0 Å². The molecule has 1 aromatic heterocycles. The molecule has 0 saturated carbocycles. The van der Waals surface area contributed by atoms with Crippen LogP contribution in [0.4, 0.5) is 0 Å². The number of para-hydroxylation sites is 2.